The Hall–Kier alpha value is -2.59. The Morgan fingerprint density at radius 1 is 0.964 bits per heavy atom. The molecule has 0 aromatic heterocycles. The maximum absolute atomic E-state index is 14.2. The molecule has 3 aromatic rings. The van der Waals surface area contributed by atoms with Crippen molar-refractivity contribution < 1.29 is 14.2 Å². The molecule has 0 aliphatic heterocycles. The molecule has 0 aliphatic rings. The first-order valence-corrected chi connectivity index (χ1v) is 10.3. The third kappa shape index (κ3) is 5.70. The number of ether oxygens (including phenoxy) is 1. The Kier molecular flexibility index (Phi) is 7.26. The second-order valence-corrected chi connectivity index (χ2v) is 7.24. The van der Waals surface area contributed by atoms with Gasteiger partial charge in [-0.15, -0.1) is 0 Å². The topological polar surface area (TPSA) is 29.5 Å². The van der Waals surface area contributed by atoms with E-state index in [1.807, 2.05) is 36.4 Å². The van der Waals surface area contributed by atoms with Gasteiger partial charge in [0.1, 0.15) is 5.75 Å². The summed E-state index contributed by atoms with van der Waals surface area (Å²) in [5.41, 5.74) is 4.29. The Balaban J connectivity index is 1.81. The molecule has 144 valence electrons. The number of benzene rings is 3. The van der Waals surface area contributed by atoms with Gasteiger partial charge in [-0.3, -0.25) is 0 Å². The minimum Gasteiger partial charge on any atom is -0.508 e. The number of allylic oxidation sites excluding steroid dienone is 2. The van der Waals surface area contributed by atoms with Crippen molar-refractivity contribution in [2.75, 3.05) is 11.9 Å². The van der Waals surface area contributed by atoms with E-state index in [0.717, 1.165) is 28.7 Å². The van der Waals surface area contributed by atoms with E-state index in [0.29, 0.717) is 18.4 Å². The van der Waals surface area contributed by atoms with Gasteiger partial charge >= 0.3 is 0 Å². The van der Waals surface area contributed by atoms with Gasteiger partial charge in [-0.1, -0.05) is 70.5 Å². The molecular weight excluding hydrogens is 419 g/mol. The SMILES string of the molecule is Oc1ccc(CC(=CCc2ccc(OCCBr)c(F)c2)c2ccccc2)cc1. The average Bonchev–Trinajstić information content (AvgIpc) is 2.72. The molecule has 0 spiro atoms. The van der Waals surface area contributed by atoms with Gasteiger partial charge in [0.2, 0.25) is 0 Å². The van der Waals surface area contributed by atoms with Crippen LogP contribution >= 0.6 is 15.9 Å². The van der Waals surface area contributed by atoms with E-state index in [9.17, 15) is 9.50 Å². The van der Waals surface area contributed by atoms with Gasteiger partial charge in [0.25, 0.3) is 0 Å². The number of hydrogen-bond acceptors (Lipinski definition) is 2. The molecule has 3 aromatic carbocycles. The summed E-state index contributed by atoms with van der Waals surface area (Å²) < 4.78 is 19.6. The molecule has 28 heavy (non-hydrogen) atoms. The largest absolute Gasteiger partial charge is 0.508 e. The molecule has 0 saturated carbocycles. The Bertz CT molecular complexity index is 921. The molecule has 0 amide bonds. The van der Waals surface area contributed by atoms with Crippen LogP contribution in [0.3, 0.4) is 0 Å². The summed E-state index contributed by atoms with van der Waals surface area (Å²) in [6.45, 7) is 0.432. The van der Waals surface area contributed by atoms with Gasteiger partial charge < -0.3 is 9.84 Å². The number of halogens is 2. The fourth-order valence-corrected chi connectivity index (χ4v) is 3.12. The second kappa shape index (κ2) is 10.1. The van der Waals surface area contributed by atoms with E-state index in [2.05, 4.69) is 34.1 Å². The van der Waals surface area contributed by atoms with Crippen LogP contribution in [0.4, 0.5) is 4.39 Å². The highest BCUT2D eigenvalue weighted by Gasteiger charge is 2.07. The van der Waals surface area contributed by atoms with Gasteiger partial charge in [0.05, 0.1) is 6.61 Å². The van der Waals surface area contributed by atoms with Crippen LogP contribution in [0.25, 0.3) is 5.57 Å². The van der Waals surface area contributed by atoms with Crippen LogP contribution in [-0.4, -0.2) is 17.0 Å². The molecule has 0 atom stereocenters. The maximum atomic E-state index is 14.2. The van der Waals surface area contributed by atoms with Crippen LogP contribution in [-0.2, 0) is 12.8 Å². The van der Waals surface area contributed by atoms with E-state index in [1.54, 1.807) is 18.2 Å². The van der Waals surface area contributed by atoms with Crippen molar-refractivity contribution in [1.29, 1.82) is 0 Å². The van der Waals surface area contributed by atoms with E-state index in [-0.39, 0.29) is 17.3 Å². The first-order chi connectivity index (χ1) is 13.7. The van der Waals surface area contributed by atoms with E-state index < -0.39 is 0 Å². The highest BCUT2D eigenvalue weighted by Crippen LogP contribution is 2.23. The van der Waals surface area contributed by atoms with Crippen molar-refractivity contribution >= 4 is 21.5 Å². The smallest absolute Gasteiger partial charge is 0.165 e. The second-order valence-electron chi connectivity index (χ2n) is 6.44. The van der Waals surface area contributed by atoms with Crippen molar-refractivity contribution in [2.45, 2.75) is 12.8 Å². The van der Waals surface area contributed by atoms with Crippen LogP contribution in [0.15, 0.2) is 78.9 Å². The summed E-state index contributed by atoms with van der Waals surface area (Å²) >= 11 is 3.27. The van der Waals surface area contributed by atoms with Gasteiger partial charge in [-0.2, -0.15) is 0 Å². The van der Waals surface area contributed by atoms with Crippen LogP contribution in [0.2, 0.25) is 0 Å². The lowest BCUT2D eigenvalue weighted by molar-refractivity contribution is 0.325. The fraction of sp³-hybridized carbons (Fsp3) is 0.167. The molecule has 2 nitrogen and oxygen atoms in total. The lowest BCUT2D eigenvalue weighted by Crippen LogP contribution is -2.00. The molecular formula is C24H22BrFO2. The predicted molar refractivity (Wildman–Crippen MR) is 116 cm³/mol. The summed E-state index contributed by atoms with van der Waals surface area (Å²) in [6.07, 6.45) is 3.49. The zero-order valence-corrected chi connectivity index (χ0v) is 17.0. The molecule has 0 heterocycles. The standard InChI is InChI=1S/C24H22BrFO2/c25-14-15-28-24-13-9-19(17-23(24)26)6-10-21(20-4-2-1-3-5-20)16-18-7-11-22(27)12-8-18/h1-5,7-13,17,27H,6,14-16H2. The minimum atomic E-state index is -0.341. The molecule has 0 saturated heterocycles. The highest BCUT2D eigenvalue weighted by atomic mass is 79.9. The van der Waals surface area contributed by atoms with Crippen molar-refractivity contribution in [3.63, 3.8) is 0 Å². The number of hydrogen-bond donors (Lipinski definition) is 1. The molecule has 3 rings (SSSR count). The molecule has 0 fully saturated rings. The van der Waals surface area contributed by atoms with Crippen LogP contribution in [0.1, 0.15) is 16.7 Å². The maximum Gasteiger partial charge on any atom is 0.165 e. The Morgan fingerprint density at radius 2 is 1.68 bits per heavy atom. The molecule has 0 unspecified atom stereocenters. The number of alkyl halides is 1. The number of phenolic OH excluding ortho intramolecular Hbond substituents is 1. The summed E-state index contributed by atoms with van der Waals surface area (Å²) in [5.74, 6) is 0.192. The zero-order chi connectivity index (χ0) is 19.8. The van der Waals surface area contributed by atoms with Gasteiger partial charge in [-0.05, 0) is 59.4 Å². The minimum absolute atomic E-state index is 0.256. The normalized spacial score (nSPS) is 11.4. The average molecular weight is 441 g/mol. The highest BCUT2D eigenvalue weighted by molar-refractivity contribution is 9.09. The van der Waals surface area contributed by atoms with Crippen molar-refractivity contribution in [3.8, 4) is 11.5 Å². The fourth-order valence-electron chi connectivity index (χ4n) is 2.96. The lowest BCUT2D eigenvalue weighted by atomic mass is 9.96. The van der Waals surface area contributed by atoms with Gasteiger partial charge in [0, 0.05) is 5.33 Å². The van der Waals surface area contributed by atoms with E-state index in [4.69, 9.17) is 4.74 Å². The summed E-state index contributed by atoms with van der Waals surface area (Å²) in [5, 5.41) is 10.2. The summed E-state index contributed by atoms with van der Waals surface area (Å²) in [7, 11) is 0. The van der Waals surface area contributed by atoms with Crippen molar-refractivity contribution in [1.82, 2.24) is 0 Å². The van der Waals surface area contributed by atoms with Crippen molar-refractivity contribution in [3.05, 3.63) is 101 Å². The number of phenols is 1. The quantitative estimate of drug-likeness (QED) is 0.424. The predicted octanol–water partition coefficient (Wildman–Crippen LogP) is 6.17. The third-order valence-electron chi connectivity index (χ3n) is 4.39. The Labute approximate surface area is 173 Å². The number of rotatable bonds is 8. The lowest BCUT2D eigenvalue weighted by Gasteiger charge is -2.10. The number of aromatic hydroxyl groups is 1. The van der Waals surface area contributed by atoms with Crippen LogP contribution < -0.4 is 4.74 Å². The first-order valence-electron chi connectivity index (χ1n) is 9.15. The molecule has 0 radical (unpaired) electrons. The van der Waals surface area contributed by atoms with Gasteiger partial charge in [-0.25, -0.2) is 4.39 Å². The summed E-state index contributed by atoms with van der Waals surface area (Å²) in [4.78, 5) is 0. The van der Waals surface area contributed by atoms with E-state index >= 15 is 0 Å². The monoisotopic (exact) mass is 440 g/mol. The molecule has 1 N–H and O–H groups in total. The van der Waals surface area contributed by atoms with Crippen molar-refractivity contribution in [2.24, 2.45) is 0 Å². The molecule has 0 aliphatic carbocycles. The van der Waals surface area contributed by atoms with Crippen LogP contribution in [0, 0.1) is 5.82 Å². The molecule has 0 bridgehead atoms. The molecule has 4 heteroatoms. The summed E-state index contributed by atoms with van der Waals surface area (Å²) in [6, 6.07) is 22.5. The first kappa shape index (κ1) is 20.2. The van der Waals surface area contributed by atoms with Crippen LogP contribution in [0.5, 0.6) is 11.5 Å². The Morgan fingerprint density at radius 3 is 2.36 bits per heavy atom. The third-order valence-corrected chi connectivity index (χ3v) is 4.71. The van der Waals surface area contributed by atoms with Gasteiger partial charge in [0.15, 0.2) is 11.6 Å². The van der Waals surface area contributed by atoms with E-state index in [1.165, 1.54) is 6.07 Å². The zero-order valence-electron chi connectivity index (χ0n) is 15.4.